The second-order valence-corrected chi connectivity index (χ2v) is 5.74. The highest BCUT2D eigenvalue weighted by Gasteiger charge is 2.24. The SMILES string of the molecule is CCN1CCC[C@H]1CNC(=O)C(=O)NCc1ccccc1C. The van der Waals surface area contributed by atoms with Gasteiger partial charge in [0.15, 0.2) is 0 Å². The number of nitrogens with one attached hydrogen (secondary N) is 2. The number of hydrogen-bond acceptors (Lipinski definition) is 3. The Hall–Kier alpha value is -1.88. The summed E-state index contributed by atoms with van der Waals surface area (Å²) >= 11 is 0. The highest BCUT2D eigenvalue weighted by molar-refractivity contribution is 6.35. The van der Waals surface area contributed by atoms with Crippen molar-refractivity contribution < 1.29 is 9.59 Å². The number of aryl methyl sites for hydroxylation is 1. The van der Waals surface area contributed by atoms with E-state index < -0.39 is 11.8 Å². The fourth-order valence-electron chi connectivity index (χ4n) is 2.90. The van der Waals surface area contributed by atoms with E-state index in [0.717, 1.165) is 37.1 Å². The number of nitrogens with zero attached hydrogens (tertiary/aromatic N) is 1. The standard InChI is InChI=1S/C17H25N3O2/c1-3-20-10-6-9-15(20)12-19-17(22)16(21)18-11-14-8-5-4-7-13(14)2/h4-5,7-8,15H,3,6,9-12H2,1-2H3,(H,18,21)(H,19,22)/t15-/m0/s1. The van der Waals surface area contributed by atoms with Gasteiger partial charge in [-0.25, -0.2) is 0 Å². The van der Waals surface area contributed by atoms with Gasteiger partial charge in [0, 0.05) is 19.1 Å². The van der Waals surface area contributed by atoms with Crippen LogP contribution in [0.25, 0.3) is 0 Å². The fraction of sp³-hybridized carbons (Fsp3) is 0.529. The molecule has 2 amide bonds. The zero-order valence-corrected chi connectivity index (χ0v) is 13.4. The normalized spacial score (nSPS) is 18.2. The monoisotopic (exact) mass is 303 g/mol. The molecule has 2 rings (SSSR count). The Kier molecular flexibility index (Phi) is 5.95. The predicted molar refractivity (Wildman–Crippen MR) is 86.3 cm³/mol. The molecule has 0 unspecified atom stereocenters. The Bertz CT molecular complexity index is 530. The minimum atomic E-state index is -0.565. The van der Waals surface area contributed by atoms with Crippen molar-refractivity contribution in [3.63, 3.8) is 0 Å². The van der Waals surface area contributed by atoms with Crippen LogP contribution >= 0.6 is 0 Å². The molecule has 1 saturated heterocycles. The van der Waals surface area contributed by atoms with Crippen LogP contribution in [-0.2, 0) is 16.1 Å². The van der Waals surface area contributed by atoms with Gasteiger partial charge < -0.3 is 10.6 Å². The average molecular weight is 303 g/mol. The molecule has 0 aromatic heterocycles. The molecule has 22 heavy (non-hydrogen) atoms. The first-order chi connectivity index (χ1) is 10.6. The van der Waals surface area contributed by atoms with Crippen LogP contribution in [0, 0.1) is 6.92 Å². The zero-order valence-electron chi connectivity index (χ0n) is 13.4. The van der Waals surface area contributed by atoms with Crippen LogP contribution in [0.15, 0.2) is 24.3 Å². The largest absolute Gasteiger partial charge is 0.346 e. The van der Waals surface area contributed by atoms with Crippen LogP contribution < -0.4 is 10.6 Å². The molecule has 1 heterocycles. The first-order valence-electron chi connectivity index (χ1n) is 7.96. The van der Waals surface area contributed by atoms with Gasteiger partial charge in [0.05, 0.1) is 0 Å². The number of amides is 2. The molecule has 1 aromatic rings. The summed E-state index contributed by atoms with van der Waals surface area (Å²) in [6.07, 6.45) is 2.24. The van der Waals surface area contributed by atoms with E-state index in [1.165, 1.54) is 0 Å². The number of likely N-dealkylation sites (tertiary alicyclic amines) is 1. The highest BCUT2D eigenvalue weighted by atomic mass is 16.2. The Morgan fingerprint density at radius 3 is 2.68 bits per heavy atom. The van der Waals surface area contributed by atoms with Crippen LogP contribution in [0.4, 0.5) is 0 Å². The third-order valence-electron chi connectivity index (χ3n) is 4.31. The molecule has 5 heteroatoms. The molecular formula is C17H25N3O2. The number of carbonyl (C=O) groups is 2. The minimum Gasteiger partial charge on any atom is -0.346 e. The van der Waals surface area contributed by atoms with Crippen LogP contribution in [0.3, 0.4) is 0 Å². The summed E-state index contributed by atoms with van der Waals surface area (Å²) in [5, 5.41) is 5.42. The minimum absolute atomic E-state index is 0.359. The van der Waals surface area contributed by atoms with E-state index in [2.05, 4.69) is 22.5 Å². The maximum atomic E-state index is 11.9. The molecule has 1 aliphatic heterocycles. The molecule has 120 valence electrons. The number of likely N-dealkylation sites (N-methyl/N-ethyl adjacent to an activating group) is 1. The Labute approximate surface area is 132 Å². The van der Waals surface area contributed by atoms with E-state index in [-0.39, 0.29) is 0 Å². The smallest absolute Gasteiger partial charge is 0.309 e. The lowest BCUT2D eigenvalue weighted by atomic mass is 10.1. The van der Waals surface area contributed by atoms with Gasteiger partial charge in [-0.2, -0.15) is 0 Å². The lowest BCUT2D eigenvalue weighted by molar-refractivity contribution is -0.139. The van der Waals surface area contributed by atoms with E-state index in [4.69, 9.17) is 0 Å². The van der Waals surface area contributed by atoms with E-state index in [1.807, 2.05) is 31.2 Å². The summed E-state index contributed by atoms with van der Waals surface area (Å²) < 4.78 is 0. The van der Waals surface area contributed by atoms with Crippen molar-refractivity contribution >= 4 is 11.8 Å². The predicted octanol–water partition coefficient (Wildman–Crippen LogP) is 1.21. The Morgan fingerprint density at radius 2 is 1.95 bits per heavy atom. The second-order valence-electron chi connectivity index (χ2n) is 5.74. The first kappa shape index (κ1) is 16.5. The fourth-order valence-corrected chi connectivity index (χ4v) is 2.90. The van der Waals surface area contributed by atoms with Crippen molar-refractivity contribution in [2.45, 2.75) is 39.3 Å². The molecule has 0 aliphatic carbocycles. The van der Waals surface area contributed by atoms with Gasteiger partial charge in [0.1, 0.15) is 0 Å². The number of benzene rings is 1. The average Bonchev–Trinajstić information content (AvgIpc) is 2.99. The van der Waals surface area contributed by atoms with E-state index in [1.54, 1.807) is 0 Å². The van der Waals surface area contributed by atoms with Gasteiger partial charge in [0.2, 0.25) is 0 Å². The van der Waals surface area contributed by atoms with Gasteiger partial charge >= 0.3 is 11.8 Å². The summed E-state index contributed by atoms with van der Waals surface area (Å²) in [6, 6.07) is 8.17. The quantitative estimate of drug-likeness (QED) is 0.804. The summed E-state index contributed by atoms with van der Waals surface area (Å²) in [4.78, 5) is 26.0. The van der Waals surface area contributed by atoms with Gasteiger partial charge in [-0.1, -0.05) is 31.2 Å². The maximum absolute atomic E-state index is 11.9. The second kappa shape index (κ2) is 7.94. The van der Waals surface area contributed by atoms with Crippen molar-refractivity contribution in [1.82, 2.24) is 15.5 Å². The molecule has 0 radical (unpaired) electrons. The Balaban J connectivity index is 1.75. The highest BCUT2D eigenvalue weighted by Crippen LogP contribution is 2.15. The molecule has 0 saturated carbocycles. The van der Waals surface area contributed by atoms with Gasteiger partial charge in [-0.05, 0) is 44.0 Å². The lowest BCUT2D eigenvalue weighted by Gasteiger charge is -2.22. The van der Waals surface area contributed by atoms with Gasteiger partial charge in [-0.15, -0.1) is 0 Å². The van der Waals surface area contributed by atoms with Crippen molar-refractivity contribution in [3.8, 4) is 0 Å². The summed E-state index contributed by atoms with van der Waals surface area (Å²) in [5.74, 6) is -1.11. The summed E-state index contributed by atoms with van der Waals surface area (Å²) in [5.41, 5.74) is 2.13. The molecule has 5 nitrogen and oxygen atoms in total. The summed E-state index contributed by atoms with van der Waals surface area (Å²) in [7, 11) is 0. The lowest BCUT2D eigenvalue weighted by Crippen LogP contribution is -2.45. The van der Waals surface area contributed by atoms with E-state index >= 15 is 0 Å². The molecule has 2 N–H and O–H groups in total. The van der Waals surface area contributed by atoms with E-state index in [9.17, 15) is 9.59 Å². The number of carbonyl (C=O) groups excluding carboxylic acids is 2. The third kappa shape index (κ3) is 4.31. The molecule has 0 spiro atoms. The molecule has 1 aromatic carbocycles. The summed E-state index contributed by atoms with van der Waals surface area (Å²) in [6.45, 7) is 7.10. The maximum Gasteiger partial charge on any atom is 0.309 e. The van der Waals surface area contributed by atoms with Crippen LogP contribution in [0.1, 0.15) is 30.9 Å². The van der Waals surface area contributed by atoms with Crippen LogP contribution in [0.5, 0.6) is 0 Å². The van der Waals surface area contributed by atoms with Crippen molar-refractivity contribution in [2.75, 3.05) is 19.6 Å². The number of rotatable bonds is 5. The van der Waals surface area contributed by atoms with Crippen molar-refractivity contribution in [2.24, 2.45) is 0 Å². The topological polar surface area (TPSA) is 61.4 Å². The van der Waals surface area contributed by atoms with E-state index in [0.29, 0.717) is 19.1 Å². The molecule has 1 fully saturated rings. The third-order valence-corrected chi connectivity index (χ3v) is 4.31. The first-order valence-corrected chi connectivity index (χ1v) is 7.96. The molecule has 1 aliphatic rings. The molecule has 0 bridgehead atoms. The van der Waals surface area contributed by atoms with Crippen molar-refractivity contribution in [1.29, 1.82) is 0 Å². The van der Waals surface area contributed by atoms with Crippen LogP contribution in [-0.4, -0.2) is 42.4 Å². The van der Waals surface area contributed by atoms with Crippen LogP contribution in [0.2, 0.25) is 0 Å². The number of hydrogen-bond donors (Lipinski definition) is 2. The molecule has 1 atom stereocenters. The Morgan fingerprint density at radius 1 is 1.23 bits per heavy atom. The van der Waals surface area contributed by atoms with Crippen molar-refractivity contribution in [3.05, 3.63) is 35.4 Å². The van der Waals surface area contributed by atoms with Gasteiger partial charge in [-0.3, -0.25) is 14.5 Å². The van der Waals surface area contributed by atoms with Gasteiger partial charge in [0.25, 0.3) is 0 Å². The molecular weight excluding hydrogens is 278 g/mol. The zero-order chi connectivity index (χ0) is 15.9.